The first-order valence-corrected chi connectivity index (χ1v) is 10.6. The van der Waals surface area contributed by atoms with Crippen molar-refractivity contribution in [2.45, 2.75) is 18.6 Å². The van der Waals surface area contributed by atoms with Crippen LogP contribution in [0.5, 0.6) is 0 Å². The number of carbonyl (C=O) groups is 1. The van der Waals surface area contributed by atoms with Crippen molar-refractivity contribution in [1.29, 1.82) is 0 Å². The number of hydrogen-bond acceptors (Lipinski definition) is 8. The average molecular weight is 431 g/mol. The fraction of sp³-hybridized carbons (Fsp3) is 0.368. The number of ether oxygens (including phenoxy) is 2. The summed E-state index contributed by atoms with van der Waals surface area (Å²) in [4.78, 5) is 32.6. The van der Waals surface area contributed by atoms with Gasteiger partial charge in [0.05, 0.1) is 23.7 Å². The number of carbonyl (C=O) groups excluding carboxylic acids is 1. The minimum atomic E-state index is -0.519. The first-order valence-electron chi connectivity index (χ1n) is 9.34. The van der Waals surface area contributed by atoms with Gasteiger partial charge < -0.3 is 19.7 Å². The number of thioether (sulfide) groups is 1. The number of anilines is 1. The maximum Gasteiger partial charge on any atom is 0.267 e. The molecule has 0 atom stereocenters. The van der Waals surface area contributed by atoms with Crippen LogP contribution in [0.15, 0.2) is 34.1 Å². The second kappa shape index (κ2) is 7.21. The fourth-order valence-electron chi connectivity index (χ4n) is 3.86. The lowest BCUT2D eigenvalue weighted by Gasteiger charge is -2.38. The number of pyridine rings is 1. The Hall–Kier alpha value is -2.27. The van der Waals surface area contributed by atoms with E-state index in [1.54, 1.807) is 24.4 Å². The summed E-state index contributed by atoms with van der Waals surface area (Å²) in [6.45, 7) is 2.51. The Labute approximate surface area is 175 Å². The van der Waals surface area contributed by atoms with Gasteiger partial charge in [0, 0.05) is 32.1 Å². The Kier molecular flexibility index (Phi) is 4.66. The average Bonchev–Trinajstić information content (AvgIpc) is 3.30. The zero-order valence-electron chi connectivity index (χ0n) is 15.4. The molecule has 29 heavy (non-hydrogen) atoms. The van der Waals surface area contributed by atoms with Crippen LogP contribution in [0.2, 0.25) is 0 Å². The third-order valence-corrected chi connectivity index (χ3v) is 6.47. The summed E-state index contributed by atoms with van der Waals surface area (Å²) in [7, 11) is 0. The summed E-state index contributed by atoms with van der Waals surface area (Å²) in [6.07, 6.45) is 4.65. The normalized spacial score (nSPS) is 22.8. The number of nitrogens with one attached hydrogen (secondary N) is 1. The van der Waals surface area contributed by atoms with Gasteiger partial charge in [-0.2, -0.15) is 0 Å². The van der Waals surface area contributed by atoms with E-state index in [1.165, 1.54) is 4.40 Å². The molecule has 1 spiro atoms. The lowest BCUT2D eigenvalue weighted by Crippen LogP contribution is -2.46. The molecule has 1 N–H and O–H groups in total. The molecule has 3 aliphatic heterocycles. The van der Waals surface area contributed by atoms with Crippen LogP contribution in [-0.4, -0.2) is 51.7 Å². The summed E-state index contributed by atoms with van der Waals surface area (Å²) >= 11 is 6.22. The molecule has 3 fully saturated rings. The second-order valence-corrected chi connectivity index (χ2v) is 8.75. The SMILES string of the molecule is O=C1NC(=S)SC1=Cc1c(N2CCC3(CC2)OCCO3)nc2ccccn2c1=O. The number of fused-ring (bicyclic) bond motifs is 1. The summed E-state index contributed by atoms with van der Waals surface area (Å²) in [5.41, 5.74) is 0.709. The van der Waals surface area contributed by atoms with Crippen LogP contribution < -0.4 is 15.8 Å². The van der Waals surface area contributed by atoms with E-state index in [9.17, 15) is 9.59 Å². The first-order chi connectivity index (χ1) is 14.0. The highest BCUT2D eigenvalue weighted by Gasteiger charge is 2.40. The molecule has 0 aromatic carbocycles. The quantitative estimate of drug-likeness (QED) is 0.567. The summed E-state index contributed by atoms with van der Waals surface area (Å²) in [6, 6.07) is 5.41. The van der Waals surface area contributed by atoms with Crippen molar-refractivity contribution in [3.8, 4) is 0 Å². The molecule has 1 amide bonds. The molecule has 0 aliphatic carbocycles. The van der Waals surface area contributed by atoms with Crippen molar-refractivity contribution in [2.75, 3.05) is 31.2 Å². The Bertz CT molecular complexity index is 1100. The molecule has 8 nitrogen and oxygen atoms in total. The minimum absolute atomic E-state index is 0.224. The summed E-state index contributed by atoms with van der Waals surface area (Å²) < 4.78 is 13.5. The van der Waals surface area contributed by atoms with Crippen molar-refractivity contribution in [2.24, 2.45) is 0 Å². The number of piperidine rings is 1. The lowest BCUT2D eigenvalue weighted by atomic mass is 10.0. The maximum absolute atomic E-state index is 13.2. The van der Waals surface area contributed by atoms with Crippen molar-refractivity contribution in [3.63, 3.8) is 0 Å². The van der Waals surface area contributed by atoms with E-state index in [0.29, 0.717) is 65.4 Å². The van der Waals surface area contributed by atoms with E-state index in [-0.39, 0.29) is 11.5 Å². The molecule has 5 heterocycles. The van der Waals surface area contributed by atoms with Crippen molar-refractivity contribution < 1.29 is 14.3 Å². The summed E-state index contributed by atoms with van der Waals surface area (Å²) in [5.74, 6) is -0.254. The number of aromatic nitrogens is 2. The largest absolute Gasteiger partial charge is 0.355 e. The van der Waals surface area contributed by atoms with Gasteiger partial charge in [-0.05, 0) is 18.2 Å². The number of hydrogen-bond donors (Lipinski definition) is 1. The zero-order chi connectivity index (χ0) is 20.0. The Morgan fingerprint density at radius 2 is 1.97 bits per heavy atom. The third-order valence-electron chi connectivity index (χ3n) is 5.30. The van der Waals surface area contributed by atoms with Gasteiger partial charge in [0.1, 0.15) is 15.8 Å². The number of thiocarbonyl (C=S) groups is 1. The van der Waals surface area contributed by atoms with Crippen molar-refractivity contribution in [1.82, 2.24) is 14.7 Å². The van der Waals surface area contributed by atoms with E-state index >= 15 is 0 Å². The molecule has 0 unspecified atom stereocenters. The first kappa shape index (κ1) is 18.7. The van der Waals surface area contributed by atoms with Gasteiger partial charge in [-0.3, -0.25) is 14.0 Å². The predicted octanol–water partition coefficient (Wildman–Crippen LogP) is 1.53. The van der Waals surface area contributed by atoms with E-state index < -0.39 is 5.79 Å². The van der Waals surface area contributed by atoms with E-state index in [0.717, 1.165) is 11.8 Å². The van der Waals surface area contributed by atoms with Crippen LogP contribution in [0.1, 0.15) is 18.4 Å². The van der Waals surface area contributed by atoms with E-state index in [1.807, 2.05) is 6.07 Å². The molecule has 10 heteroatoms. The smallest absolute Gasteiger partial charge is 0.267 e. The van der Waals surface area contributed by atoms with Gasteiger partial charge in [0.15, 0.2) is 5.79 Å². The molecule has 3 aliphatic rings. The van der Waals surface area contributed by atoms with Crippen molar-refractivity contribution in [3.05, 3.63) is 45.2 Å². The zero-order valence-corrected chi connectivity index (χ0v) is 17.1. The molecule has 0 saturated carbocycles. The Balaban J connectivity index is 1.58. The lowest BCUT2D eigenvalue weighted by molar-refractivity contribution is -0.169. The Morgan fingerprint density at radius 3 is 2.66 bits per heavy atom. The third kappa shape index (κ3) is 3.35. The van der Waals surface area contributed by atoms with Crippen LogP contribution in [-0.2, 0) is 14.3 Å². The fourth-order valence-corrected chi connectivity index (χ4v) is 4.88. The van der Waals surface area contributed by atoms with Crippen molar-refractivity contribution >= 4 is 51.7 Å². The molecular weight excluding hydrogens is 412 g/mol. The van der Waals surface area contributed by atoms with Gasteiger partial charge in [-0.25, -0.2) is 4.98 Å². The maximum atomic E-state index is 13.2. The van der Waals surface area contributed by atoms with Gasteiger partial charge in [0.25, 0.3) is 11.5 Å². The van der Waals surface area contributed by atoms with Gasteiger partial charge in [-0.1, -0.05) is 30.0 Å². The number of rotatable bonds is 2. The molecule has 2 aromatic heterocycles. The number of nitrogens with zero attached hydrogens (tertiary/aromatic N) is 3. The van der Waals surface area contributed by atoms with Gasteiger partial charge in [-0.15, -0.1) is 0 Å². The van der Waals surface area contributed by atoms with Crippen LogP contribution in [0.25, 0.3) is 11.7 Å². The van der Waals surface area contributed by atoms with Gasteiger partial charge >= 0.3 is 0 Å². The monoisotopic (exact) mass is 430 g/mol. The van der Waals surface area contributed by atoms with Gasteiger partial charge in [0.2, 0.25) is 0 Å². The molecule has 0 radical (unpaired) electrons. The van der Waals surface area contributed by atoms with E-state index in [4.69, 9.17) is 26.7 Å². The van der Waals surface area contributed by atoms with E-state index in [2.05, 4.69) is 10.2 Å². The van der Waals surface area contributed by atoms with Crippen LogP contribution in [0.4, 0.5) is 5.82 Å². The molecular formula is C19H18N4O4S2. The number of amides is 1. The molecule has 5 rings (SSSR count). The highest BCUT2D eigenvalue weighted by atomic mass is 32.2. The second-order valence-electron chi connectivity index (χ2n) is 7.03. The van der Waals surface area contributed by atoms with Crippen LogP contribution in [0, 0.1) is 0 Å². The molecule has 2 aromatic rings. The summed E-state index contributed by atoms with van der Waals surface area (Å²) in [5, 5.41) is 2.59. The topological polar surface area (TPSA) is 85.2 Å². The van der Waals surface area contributed by atoms with Crippen LogP contribution in [0.3, 0.4) is 0 Å². The molecule has 3 saturated heterocycles. The highest BCUT2D eigenvalue weighted by Crippen LogP contribution is 2.34. The molecule has 150 valence electrons. The highest BCUT2D eigenvalue weighted by molar-refractivity contribution is 8.26. The predicted molar refractivity (Wildman–Crippen MR) is 114 cm³/mol. The minimum Gasteiger partial charge on any atom is -0.355 e. The molecule has 0 bridgehead atoms. The van der Waals surface area contributed by atoms with Crippen LogP contribution >= 0.6 is 24.0 Å². The Morgan fingerprint density at radius 1 is 1.21 bits per heavy atom. The standard InChI is InChI=1S/C19H18N4O4S2/c24-16-13(29-18(28)21-16)11-12-15(20-14-3-1-2-6-23(14)17(12)25)22-7-4-19(5-8-22)26-9-10-27-19/h1-3,6,11H,4-5,7-10H2,(H,21,24,28).